The highest BCUT2D eigenvalue weighted by Crippen LogP contribution is 2.31. The molecule has 0 bridgehead atoms. The van der Waals surface area contributed by atoms with Crippen molar-refractivity contribution in [1.82, 2.24) is 0 Å². The largest absolute Gasteiger partial charge is 0.462 e. The van der Waals surface area contributed by atoms with Crippen LogP contribution in [-0.4, -0.2) is 11.9 Å². The van der Waals surface area contributed by atoms with Gasteiger partial charge in [0.2, 0.25) is 0 Å². The minimum Gasteiger partial charge on any atom is -0.462 e. The van der Waals surface area contributed by atoms with Gasteiger partial charge in [-0.3, -0.25) is 0 Å². The molecule has 0 spiro atoms. The Morgan fingerprint density at radius 2 is 1.45 bits per heavy atom. The van der Waals surface area contributed by atoms with Gasteiger partial charge in [-0.2, -0.15) is 0 Å². The molecule has 33 heavy (non-hydrogen) atoms. The first-order valence-corrected chi connectivity index (χ1v) is 9.80. The monoisotopic (exact) mass is 448 g/mol. The van der Waals surface area contributed by atoms with E-state index >= 15 is 0 Å². The third-order valence-electron chi connectivity index (χ3n) is 4.30. The first-order valence-electron chi connectivity index (χ1n) is 9.80. The van der Waals surface area contributed by atoms with Crippen molar-refractivity contribution in [1.29, 1.82) is 0 Å². The molecule has 7 heteroatoms. The van der Waals surface area contributed by atoms with Gasteiger partial charge in [-0.15, -0.1) is 0 Å². The van der Waals surface area contributed by atoms with Crippen LogP contribution in [0.2, 0.25) is 0 Å². The highest BCUT2D eigenvalue weighted by molar-refractivity contribution is 5.89. The number of ether oxygens (including phenoxy) is 3. The van der Waals surface area contributed by atoms with E-state index in [2.05, 4.69) is 13.2 Å². The predicted molar refractivity (Wildman–Crippen MR) is 121 cm³/mol. The second-order valence-corrected chi connectivity index (χ2v) is 7.08. The summed E-state index contributed by atoms with van der Waals surface area (Å²) in [6.45, 7) is 9.97. The Kier molecular flexibility index (Phi) is 7.25. The molecule has 1 aromatic heterocycles. The Hall–Kier alpha value is -4.39. The highest BCUT2D eigenvalue weighted by Gasteiger charge is 2.13. The molecule has 0 saturated heterocycles. The number of esters is 2. The van der Waals surface area contributed by atoms with E-state index in [-0.39, 0.29) is 16.9 Å². The van der Waals surface area contributed by atoms with E-state index in [1.807, 2.05) is 0 Å². The SMILES string of the molecule is C=C(C)C(=O)OC=COc1ccc(-c2ccc(-c3ccc(OC(=O)C(=C)C)c(F)c3)o2)cc1. The summed E-state index contributed by atoms with van der Waals surface area (Å²) < 4.78 is 35.3. The summed E-state index contributed by atoms with van der Waals surface area (Å²) in [5, 5.41) is 0. The fraction of sp³-hybridized carbons (Fsp3) is 0.0769. The van der Waals surface area contributed by atoms with Gasteiger partial charge in [0.15, 0.2) is 11.6 Å². The lowest BCUT2D eigenvalue weighted by Crippen LogP contribution is -2.09. The van der Waals surface area contributed by atoms with E-state index in [0.717, 1.165) is 11.8 Å². The van der Waals surface area contributed by atoms with Crippen molar-refractivity contribution in [2.24, 2.45) is 0 Å². The van der Waals surface area contributed by atoms with Crippen molar-refractivity contribution < 1.29 is 32.6 Å². The summed E-state index contributed by atoms with van der Waals surface area (Å²) in [6.07, 6.45) is 2.38. The van der Waals surface area contributed by atoms with Gasteiger partial charge in [-0.1, -0.05) is 13.2 Å². The van der Waals surface area contributed by atoms with E-state index in [4.69, 9.17) is 18.6 Å². The standard InChI is InChI=1S/C26H21FO6/c1-16(2)25(28)31-14-13-30-20-8-5-18(6-9-20)22-11-12-23(32-22)19-7-10-24(21(27)15-19)33-26(29)17(3)4/h5-15H,1,3H2,2,4H3. The van der Waals surface area contributed by atoms with Gasteiger partial charge in [0.05, 0.1) is 0 Å². The molecule has 2 aromatic carbocycles. The molecule has 1 heterocycles. The van der Waals surface area contributed by atoms with Gasteiger partial charge in [-0.25, -0.2) is 14.0 Å². The molecule has 3 aromatic rings. The molecule has 0 aliphatic rings. The van der Waals surface area contributed by atoms with Crippen molar-refractivity contribution in [2.75, 3.05) is 0 Å². The molecule has 0 N–H and O–H groups in total. The average Bonchev–Trinajstić information content (AvgIpc) is 3.28. The van der Waals surface area contributed by atoms with E-state index in [0.29, 0.717) is 22.8 Å². The first kappa shape index (κ1) is 23.3. The Morgan fingerprint density at radius 3 is 2.06 bits per heavy atom. The fourth-order valence-electron chi connectivity index (χ4n) is 2.57. The van der Waals surface area contributed by atoms with Crippen LogP contribution in [-0.2, 0) is 14.3 Å². The van der Waals surface area contributed by atoms with Crippen LogP contribution < -0.4 is 9.47 Å². The third kappa shape index (κ3) is 6.07. The summed E-state index contributed by atoms with van der Waals surface area (Å²) in [7, 11) is 0. The Balaban J connectivity index is 1.66. The summed E-state index contributed by atoms with van der Waals surface area (Å²) >= 11 is 0. The number of hydrogen-bond donors (Lipinski definition) is 0. The predicted octanol–water partition coefficient (Wildman–Crippen LogP) is 6.20. The van der Waals surface area contributed by atoms with E-state index < -0.39 is 17.8 Å². The number of carbonyl (C=O) groups is 2. The van der Waals surface area contributed by atoms with Crippen LogP contribution in [0.1, 0.15) is 13.8 Å². The fourth-order valence-corrected chi connectivity index (χ4v) is 2.57. The van der Waals surface area contributed by atoms with Crippen LogP contribution in [0, 0.1) is 5.82 Å². The maximum absolute atomic E-state index is 14.3. The van der Waals surface area contributed by atoms with Gasteiger partial charge in [-0.05, 0) is 68.4 Å². The van der Waals surface area contributed by atoms with Gasteiger partial charge in [0.25, 0.3) is 0 Å². The molecular formula is C26H21FO6. The number of hydrogen-bond acceptors (Lipinski definition) is 6. The molecule has 0 fully saturated rings. The molecular weight excluding hydrogens is 427 g/mol. The van der Waals surface area contributed by atoms with E-state index in [1.54, 1.807) is 49.4 Å². The van der Waals surface area contributed by atoms with Crippen LogP contribution in [0.5, 0.6) is 11.5 Å². The third-order valence-corrected chi connectivity index (χ3v) is 4.30. The zero-order valence-corrected chi connectivity index (χ0v) is 18.1. The molecule has 0 amide bonds. The number of rotatable bonds is 8. The molecule has 0 radical (unpaired) electrons. The Bertz CT molecular complexity index is 1230. The number of carbonyl (C=O) groups excluding carboxylic acids is 2. The van der Waals surface area contributed by atoms with Crippen LogP contribution in [0.25, 0.3) is 22.6 Å². The lowest BCUT2D eigenvalue weighted by Gasteiger charge is -2.06. The number of furan rings is 1. The van der Waals surface area contributed by atoms with Crippen molar-refractivity contribution in [3.05, 3.63) is 97.2 Å². The maximum atomic E-state index is 14.3. The average molecular weight is 448 g/mol. The summed E-state index contributed by atoms with van der Waals surface area (Å²) in [6, 6.07) is 14.7. The minimum atomic E-state index is -0.697. The van der Waals surface area contributed by atoms with E-state index in [1.165, 1.54) is 25.3 Å². The van der Waals surface area contributed by atoms with Crippen molar-refractivity contribution in [3.8, 4) is 34.1 Å². The lowest BCUT2D eigenvalue weighted by atomic mass is 10.1. The number of benzene rings is 2. The van der Waals surface area contributed by atoms with Crippen LogP contribution in [0.3, 0.4) is 0 Å². The van der Waals surface area contributed by atoms with Crippen molar-refractivity contribution in [3.63, 3.8) is 0 Å². The second-order valence-electron chi connectivity index (χ2n) is 7.08. The van der Waals surface area contributed by atoms with Gasteiger partial charge in [0, 0.05) is 22.3 Å². The smallest absolute Gasteiger partial charge is 0.338 e. The van der Waals surface area contributed by atoms with Crippen LogP contribution in [0.15, 0.2) is 95.8 Å². The molecule has 0 aliphatic heterocycles. The van der Waals surface area contributed by atoms with Crippen LogP contribution in [0.4, 0.5) is 4.39 Å². The lowest BCUT2D eigenvalue weighted by molar-refractivity contribution is -0.133. The van der Waals surface area contributed by atoms with Gasteiger partial charge in [0.1, 0.15) is 29.8 Å². The van der Waals surface area contributed by atoms with E-state index in [9.17, 15) is 14.0 Å². The number of halogens is 1. The second kappa shape index (κ2) is 10.3. The molecule has 0 atom stereocenters. The normalized spacial score (nSPS) is 10.6. The molecule has 168 valence electrons. The quantitative estimate of drug-likeness (QED) is 0.177. The van der Waals surface area contributed by atoms with Crippen LogP contribution >= 0.6 is 0 Å². The first-order chi connectivity index (χ1) is 15.7. The Morgan fingerprint density at radius 1 is 0.848 bits per heavy atom. The minimum absolute atomic E-state index is 0.174. The molecule has 0 saturated carbocycles. The summed E-state index contributed by atoms with van der Waals surface area (Å²) in [5.74, 6) is -0.569. The van der Waals surface area contributed by atoms with Gasteiger partial charge >= 0.3 is 11.9 Å². The highest BCUT2D eigenvalue weighted by atomic mass is 19.1. The van der Waals surface area contributed by atoms with Crippen molar-refractivity contribution in [2.45, 2.75) is 13.8 Å². The zero-order valence-electron chi connectivity index (χ0n) is 18.1. The Labute approximate surface area is 190 Å². The van der Waals surface area contributed by atoms with Gasteiger partial charge < -0.3 is 18.6 Å². The molecule has 0 aliphatic carbocycles. The molecule has 3 rings (SSSR count). The zero-order chi connectivity index (χ0) is 24.0. The molecule has 6 nitrogen and oxygen atoms in total. The molecule has 0 unspecified atom stereocenters. The maximum Gasteiger partial charge on any atom is 0.338 e. The van der Waals surface area contributed by atoms with Crippen molar-refractivity contribution >= 4 is 11.9 Å². The topological polar surface area (TPSA) is 75.0 Å². The summed E-state index contributed by atoms with van der Waals surface area (Å²) in [4.78, 5) is 22.9. The summed E-state index contributed by atoms with van der Waals surface area (Å²) in [5.41, 5.74) is 1.72.